The van der Waals surface area contributed by atoms with Crippen LogP contribution in [0.3, 0.4) is 0 Å². The number of aromatic amines is 1. The summed E-state index contributed by atoms with van der Waals surface area (Å²) in [6.07, 6.45) is 1.08. The highest BCUT2D eigenvalue weighted by Crippen LogP contribution is 2.33. The zero-order valence-electron chi connectivity index (χ0n) is 10.7. The summed E-state index contributed by atoms with van der Waals surface area (Å²) in [4.78, 5) is 3.14. The van der Waals surface area contributed by atoms with Gasteiger partial charge in [-0.2, -0.15) is 5.10 Å². The van der Waals surface area contributed by atoms with Crippen LogP contribution in [-0.4, -0.2) is 19.9 Å². The average Bonchev–Trinajstić information content (AvgIpc) is 2.94. The summed E-state index contributed by atoms with van der Waals surface area (Å²) >= 11 is 6.22. The highest BCUT2D eigenvalue weighted by Gasteiger charge is 2.22. The van der Waals surface area contributed by atoms with Gasteiger partial charge in [-0.3, -0.25) is 4.68 Å². The second kappa shape index (κ2) is 4.40. The molecule has 0 aliphatic rings. The molecule has 2 aromatic heterocycles. The minimum absolute atomic E-state index is 0.470. The maximum atomic E-state index is 10.6. The van der Waals surface area contributed by atoms with Crippen LogP contribution in [0.15, 0.2) is 30.5 Å². The maximum absolute atomic E-state index is 10.6. The molecule has 0 radical (unpaired) electrons. The number of benzene rings is 1. The van der Waals surface area contributed by atoms with Gasteiger partial charge in [0, 0.05) is 29.7 Å². The fraction of sp³-hybridized carbons (Fsp3) is 0.214. The van der Waals surface area contributed by atoms with Gasteiger partial charge in [0.2, 0.25) is 0 Å². The van der Waals surface area contributed by atoms with Crippen molar-refractivity contribution in [3.63, 3.8) is 0 Å². The molecule has 0 saturated carbocycles. The van der Waals surface area contributed by atoms with Crippen molar-refractivity contribution >= 4 is 22.5 Å². The van der Waals surface area contributed by atoms with Gasteiger partial charge in [0.05, 0.1) is 5.69 Å². The van der Waals surface area contributed by atoms with Crippen molar-refractivity contribution in [2.75, 3.05) is 0 Å². The molecule has 19 heavy (non-hydrogen) atoms. The van der Waals surface area contributed by atoms with E-state index in [-0.39, 0.29) is 0 Å². The number of hydrogen-bond donors (Lipinski definition) is 2. The van der Waals surface area contributed by atoms with E-state index >= 15 is 0 Å². The Balaban J connectivity index is 2.18. The number of fused-ring (bicyclic) bond motifs is 1. The van der Waals surface area contributed by atoms with Crippen molar-refractivity contribution in [2.24, 2.45) is 7.05 Å². The first-order chi connectivity index (χ1) is 9.09. The Morgan fingerprint density at radius 3 is 2.84 bits per heavy atom. The summed E-state index contributed by atoms with van der Waals surface area (Å²) in [5, 5.41) is 16.3. The Labute approximate surface area is 115 Å². The minimum atomic E-state index is -0.777. The van der Waals surface area contributed by atoms with Crippen LogP contribution in [0.4, 0.5) is 0 Å². The average molecular weight is 276 g/mol. The number of aliphatic hydroxyl groups excluding tert-OH is 1. The van der Waals surface area contributed by atoms with Gasteiger partial charge in [-0.15, -0.1) is 0 Å². The number of halogens is 1. The van der Waals surface area contributed by atoms with E-state index in [0.717, 1.165) is 22.2 Å². The number of hydrogen-bond acceptors (Lipinski definition) is 2. The predicted molar refractivity (Wildman–Crippen MR) is 75.3 cm³/mol. The van der Waals surface area contributed by atoms with E-state index in [0.29, 0.717) is 10.7 Å². The van der Waals surface area contributed by atoms with E-state index in [4.69, 9.17) is 11.6 Å². The van der Waals surface area contributed by atoms with Gasteiger partial charge >= 0.3 is 0 Å². The summed E-state index contributed by atoms with van der Waals surface area (Å²) in [6, 6.07) is 7.75. The zero-order valence-corrected chi connectivity index (χ0v) is 11.4. The monoisotopic (exact) mass is 275 g/mol. The van der Waals surface area contributed by atoms with Crippen LogP contribution in [0.2, 0.25) is 5.15 Å². The molecule has 98 valence electrons. The summed E-state index contributed by atoms with van der Waals surface area (Å²) in [5.41, 5.74) is 3.23. The van der Waals surface area contributed by atoms with Gasteiger partial charge in [0.1, 0.15) is 11.3 Å². The van der Waals surface area contributed by atoms with Crippen LogP contribution in [0.5, 0.6) is 0 Å². The standard InChI is InChI=1S/C14H14ClN3O/c1-8-12(14(15)18(2)17-8)13(19)10-4-3-5-11-9(10)6-7-16-11/h3-7,13,16,19H,1-2H3. The van der Waals surface area contributed by atoms with Crippen molar-refractivity contribution < 1.29 is 5.11 Å². The van der Waals surface area contributed by atoms with E-state index in [1.807, 2.05) is 37.4 Å². The molecule has 2 N–H and O–H groups in total. The SMILES string of the molecule is Cc1nn(C)c(Cl)c1C(O)c1cccc2[nH]ccc12. The Morgan fingerprint density at radius 1 is 1.37 bits per heavy atom. The summed E-state index contributed by atoms with van der Waals surface area (Å²) in [7, 11) is 1.77. The number of rotatable bonds is 2. The Bertz CT molecular complexity index is 744. The molecule has 1 aromatic carbocycles. The van der Waals surface area contributed by atoms with Crippen LogP contribution in [-0.2, 0) is 7.05 Å². The van der Waals surface area contributed by atoms with E-state index in [1.165, 1.54) is 0 Å². The molecule has 1 atom stereocenters. The lowest BCUT2D eigenvalue weighted by Crippen LogP contribution is -2.02. The number of aryl methyl sites for hydroxylation is 2. The molecular formula is C14H14ClN3O. The lowest BCUT2D eigenvalue weighted by atomic mass is 9.99. The quantitative estimate of drug-likeness (QED) is 0.755. The summed E-state index contributed by atoms with van der Waals surface area (Å²) < 4.78 is 1.58. The van der Waals surface area contributed by atoms with Crippen LogP contribution in [0.25, 0.3) is 10.9 Å². The third-order valence-corrected chi connectivity index (χ3v) is 3.84. The third-order valence-electron chi connectivity index (χ3n) is 3.39. The van der Waals surface area contributed by atoms with Crippen molar-refractivity contribution in [3.8, 4) is 0 Å². The van der Waals surface area contributed by atoms with Crippen molar-refractivity contribution in [3.05, 3.63) is 52.4 Å². The van der Waals surface area contributed by atoms with E-state index in [1.54, 1.807) is 11.7 Å². The van der Waals surface area contributed by atoms with E-state index < -0.39 is 6.10 Å². The predicted octanol–water partition coefficient (Wildman–Crippen LogP) is 2.94. The number of aromatic nitrogens is 3. The minimum Gasteiger partial charge on any atom is -0.383 e. The number of nitrogens with one attached hydrogen (secondary N) is 1. The van der Waals surface area contributed by atoms with Crippen LogP contribution < -0.4 is 0 Å². The molecule has 0 aliphatic carbocycles. The zero-order chi connectivity index (χ0) is 13.6. The molecule has 4 nitrogen and oxygen atoms in total. The van der Waals surface area contributed by atoms with Crippen LogP contribution >= 0.6 is 11.6 Å². The highest BCUT2D eigenvalue weighted by molar-refractivity contribution is 6.30. The molecule has 3 rings (SSSR count). The van der Waals surface area contributed by atoms with Gasteiger partial charge in [-0.1, -0.05) is 23.7 Å². The molecule has 0 spiro atoms. The van der Waals surface area contributed by atoms with Crippen molar-refractivity contribution in [1.82, 2.24) is 14.8 Å². The second-order valence-corrected chi connectivity index (χ2v) is 4.96. The number of H-pyrrole nitrogens is 1. The normalized spacial score (nSPS) is 13.1. The fourth-order valence-corrected chi connectivity index (χ4v) is 2.74. The molecule has 3 aromatic rings. The second-order valence-electron chi connectivity index (χ2n) is 4.60. The summed E-state index contributed by atoms with van der Waals surface area (Å²) in [6.45, 7) is 1.85. The lowest BCUT2D eigenvalue weighted by molar-refractivity contribution is 0.221. The Hall–Kier alpha value is -1.78. The van der Waals surface area contributed by atoms with Crippen molar-refractivity contribution in [2.45, 2.75) is 13.0 Å². The Morgan fingerprint density at radius 2 is 2.16 bits per heavy atom. The van der Waals surface area contributed by atoms with Crippen LogP contribution in [0.1, 0.15) is 22.9 Å². The van der Waals surface area contributed by atoms with Crippen molar-refractivity contribution in [1.29, 1.82) is 0 Å². The molecule has 2 heterocycles. The molecule has 5 heteroatoms. The maximum Gasteiger partial charge on any atom is 0.133 e. The van der Waals surface area contributed by atoms with E-state index in [2.05, 4.69) is 10.1 Å². The molecule has 0 fully saturated rings. The topological polar surface area (TPSA) is 53.8 Å². The fourth-order valence-electron chi connectivity index (χ4n) is 2.46. The first-order valence-corrected chi connectivity index (χ1v) is 6.40. The molecule has 0 saturated heterocycles. The number of aliphatic hydroxyl groups is 1. The molecule has 0 amide bonds. The van der Waals surface area contributed by atoms with Gasteiger partial charge in [0.25, 0.3) is 0 Å². The van der Waals surface area contributed by atoms with Gasteiger partial charge < -0.3 is 10.1 Å². The first kappa shape index (κ1) is 12.3. The highest BCUT2D eigenvalue weighted by atomic mass is 35.5. The third kappa shape index (κ3) is 1.84. The molecule has 0 bridgehead atoms. The number of nitrogens with zero attached hydrogens (tertiary/aromatic N) is 2. The van der Waals surface area contributed by atoms with Gasteiger partial charge in [0.15, 0.2) is 0 Å². The molecule has 1 unspecified atom stereocenters. The van der Waals surface area contributed by atoms with Gasteiger partial charge in [-0.05, 0) is 24.6 Å². The largest absolute Gasteiger partial charge is 0.383 e. The first-order valence-electron chi connectivity index (χ1n) is 6.02. The molecular weight excluding hydrogens is 262 g/mol. The summed E-state index contributed by atoms with van der Waals surface area (Å²) in [5.74, 6) is 0. The van der Waals surface area contributed by atoms with Gasteiger partial charge in [-0.25, -0.2) is 0 Å². The smallest absolute Gasteiger partial charge is 0.133 e. The molecule has 0 aliphatic heterocycles. The Kier molecular flexibility index (Phi) is 2.84. The van der Waals surface area contributed by atoms with E-state index in [9.17, 15) is 5.11 Å². The lowest BCUT2D eigenvalue weighted by Gasteiger charge is -2.12. The van der Waals surface area contributed by atoms with Crippen LogP contribution in [0, 0.1) is 6.92 Å².